The predicted octanol–water partition coefficient (Wildman–Crippen LogP) is 0.996. The van der Waals surface area contributed by atoms with Crippen molar-refractivity contribution in [1.29, 1.82) is 5.26 Å². The van der Waals surface area contributed by atoms with Crippen molar-refractivity contribution in [1.82, 2.24) is 0 Å². The molecule has 1 amide bonds. The third-order valence-electron chi connectivity index (χ3n) is 4.89. The first-order chi connectivity index (χ1) is 12.6. The number of quaternary nitrogens is 1. The second kappa shape index (κ2) is 7.89. The van der Waals surface area contributed by atoms with Gasteiger partial charge >= 0.3 is 0 Å². The van der Waals surface area contributed by atoms with Gasteiger partial charge in [-0.3, -0.25) is 4.79 Å². The number of nitrogens with one attached hydrogen (secondary N) is 2. The standard InChI is InChI=1S/C20H22N4O2/c1-15(20(26)22-17-4-2-3-16(13-17)14-21)23-9-11-24(12-10-23)18-5-7-19(25)8-6-18/h2-8,13,15,25H,9-12H2,1H3,(H,22,26)/p+1/t15-/m0/s1. The molecule has 0 aromatic heterocycles. The summed E-state index contributed by atoms with van der Waals surface area (Å²) < 4.78 is 0. The Morgan fingerprint density at radius 2 is 1.92 bits per heavy atom. The first-order valence-corrected chi connectivity index (χ1v) is 8.76. The molecule has 134 valence electrons. The van der Waals surface area contributed by atoms with Crippen LogP contribution >= 0.6 is 0 Å². The van der Waals surface area contributed by atoms with Crippen molar-refractivity contribution in [2.75, 3.05) is 36.4 Å². The minimum absolute atomic E-state index is 0.0341. The van der Waals surface area contributed by atoms with Gasteiger partial charge in [0.15, 0.2) is 6.04 Å². The van der Waals surface area contributed by atoms with E-state index in [0.29, 0.717) is 11.3 Å². The maximum atomic E-state index is 12.5. The molecule has 3 rings (SSSR count). The minimum Gasteiger partial charge on any atom is -0.508 e. The van der Waals surface area contributed by atoms with Crippen molar-refractivity contribution in [2.45, 2.75) is 13.0 Å². The van der Waals surface area contributed by atoms with Gasteiger partial charge in [0.05, 0.1) is 37.8 Å². The first-order valence-electron chi connectivity index (χ1n) is 8.76. The van der Waals surface area contributed by atoms with E-state index in [0.717, 1.165) is 31.9 Å². The van der Waals surface area contributed by atoms with Gasteiger partial charge in [-0.15, -0.1) is 0 Å². The van der Waals surface area contributed by atoms with Crippen molar-refractivity contribution in [2.24, 2.45) is 0 Å². The molecule has 0 radical (unpaired) electrons. The fourth-order valence-corrected chi connectivity index (χ4v) is 3.25. The van der Waals surface area contributed by atoms with Gasteiger partial charge in [-0.05, 0) is 49.4 Å². The van der Waals surface area contributed by atoms with Crippen LogP contribution in [-0.2, 0) is 4.79 Å². The van der Waals surface area contributed by atoms with Crippen LogP contribution in [-0.4, -0.2) is 43.2 Å². The van der Waals surface area contributed by atoms with Crippen molar-refractivity contribution < 1.29 is 14.8 Å². The number of anilines is 2. The van der Waals surface area contributed by atoms with Gasteiger partial charge in [-0.2, -0.15) is 5.26 Å². The number of amides is 1. The summed E-state index contributed by atoms with van der Waals surface area (Å²) in [6.07, 6.45) is 0. The lowest BCUT2D eigenvalue weighted by molar-refractivity contribution is -0.914. The third-order valence-corrected chi connectivity index (χ3v) is 4.89. The van der Waals surface area contributed by atoms with Crippen LogP contribution in [0.4, 0.5) is 11.4 Å². The molecule has 2 aromatic rings. The van der Waals surface area contributed by atoms with E-state index in [4.69, 9.17) is 5.26 Å². The number of hydrogen-bond acceptors (Lipinski definition) is 4. The number of hydrogen-bond donors (Lipinski definition) is 3. The second-order valence-corrected chi connectivity index (χ2v) is 6.57. The van der Waals surface area contributed by atoms with E-state index in [1.807, 2.05) is 19.1 Å². The number of piperazine rings is 1. The lowest BCUT2D eigenvalue weighted by Crippen LogP contribution is -3.19. The highest BCUT2D eigenvalue weighted by molar-refractivity contribution is 5.93. The third kappa shape index (κ3) is 4.13. The van der Waals surface area contributed by atoms with Crippen molar-refractivity contribution in [3.05, 3.63) is 54.1 Å². The van der Waals surface area contributed by atoms with Gasteiger partial charge in [0.25, 0.3) is 5.91 Å². The largest absolute Gasteiger partial charge is 0.508 e. The summed E-state index contributed by atoms with van der Waals surface area (Å²) in [4.78, 5) is 16.1. The Bertz CT molecular complexity index is 805. The molecule has 3 N–H and O–H groups in total. The fraction of sp³-hybridized carbons (Fsp3) is 0.300. The van der Waals surface area contributed by atoms with Gasteiger partial charge in [0.1, 0.15) is 5.75 Å². The van der Waals surface area contributed by atoms with Crippen LogP contribution in [0.15, 0.2) is 48.5 Å². The molecule has 0 bridgehead atoms. The molecular formula is C20H23N4O2+. The fourth-order valence-electron chi connectivity index (χ4n) is 3.25. The van der Waals surface area contributed by atoms with Crippen LogP contribution in [0.25, 0.3) is 0 Å². The van der Waals surface area contributed by atoms with Crippen molar-refractivity contribution in [3.8, 4) is 11.8 Å². The topological polar surface area (TPSA) is 80.8 Å². The van der Waals surface area contributed by atoms with Gasteiger partial charge in [0.2, 0.25) is 0 Å². The van der Waals surface area contributed by atoms with E-state index in [9.17, 15) is 9.90 Å². The second-order valence-electron chi connectivity index (χ2n) is 6.57. The molecule has 1 saturated heterocycles. The summed E-state index contributed by atoms with van der Waals surface area (Å²) in [6.45, 7) is 5.40. The van der Waals surface area contributed by atoms with Crippen LogP contribution in [0.5, 0.6) is 5.75 Å². The van der Waals surface area contributed by atoms with E-state index in [-0.39, 0.29) is 17.7 Å². The molecule has 1 fully saturated rings. The molecule has 2 aromatic carbocycles. The Labute approximate surface area is 153 Å². The van der Waals surface area contributed by atoms with Crippen molar-refractivity contribution >= 4 is 17.3 Å². The smallest absolute Gasteiger partial charge is 0.282 e. The zero-order chi connectivity index (χ0) is 18.5. The molecule has 1 aliphatic rings. The van der Waals surface area contributed by atoms with E-state index >= 15 is 0 Å². The van der Waals surface area contributed by atoms with Gasteiger partial charge in [-0.25, -0.2) is 0 Å². The zero-order valence-electron chi connectivity index (χ0n) is 14.8. The normalized spacial score (nSPS) is 15.9. The summed E-state index contributed by atoms with van der Waals surface area (Å²) in [5, 5.41) is 21.3. The first kappa shape index (κ1) is 17.8. The number of carbonyl (C=O) groups is 1. The number of rotatable bonds is 4. The van der Waals surface area contributed by atoms with E-state index in [2.05, 4.69) is 16.3 Å². The number of nitriles is 1. The summed E-state index contributed by atoms with van der Waals surface area (Å²) in [7, 11) is 0. The zero-order valence-corrected chi connectivity index (χ0v) is 14.8. The highest BCUT2D eigenvalue weighted by atomic mass is 16.3. The highest BCUT2D eigenvalue weighted by Crippen LogP contribution is 2.18. The SMILES string of the molecule is C[C@@H](C(=O)Nc1cccc(C#N)c1)[NH+]1CCN(c2ccc(O)cc2)CC1. The average Bonchev–Trinajstić information content (AvgIpc) is 2.68. The maximum Gasteiger partial charge on any atom is 0.282 e. The average molecular weight is 351 g/mol. The summed E-state index contributed by atoms with van der Waals surface area (Å²) >= 11 is 0. The van der Waals surface area contributed by atoms with E-state index in [1.165, 1.54) is 4.90 Å². The number of phenols is 1. The summed E-state index contributed by atoms with van der Waals surface area (Å²) in [6, 6.07) is 16.1. The number of benzene rings is 2. The number of phenolic OH excluding ortho intramolecular Hbond substituents is 1. The molecule has 26 heavy (non-hydrogen) atoms. The Morgan fingerprint density at radius 3 is 2.58 bits per heavy atom. The Hall–Kier alpha value is -3.04. The molecule has 0 aliphatic carbocycles. The summed E-state index contributed by atoms with van der Waals surface area (Å²) in [5.41, 5.74) is 2.28. The molecule has 6 nitrogen and oxygen atoms in total. The van der Waals surface area contributed by atoms with Gasteiger partial charge in [0, 0.05) is 11.4 Å². The number of carbonyl (C=O) groups excluding carboxylic acids is 1. The van der Waals surface area contributed by atoms with Crippen LogP contribution in [0.1, 0.15) is 12.5 Å². The van der Waals surface area contributed by atoms with Gasteiger partial charge in [-0.1, -0.05) is 6.07 Å². The molecule has 0 unspecified atom stereocenters. The summed E-state index contributed by atoms with van der Waals surface area (Å²) in [5.74, 6) is 0.233. The monoisotopic (exact) mass is 351 g/mol. The Morgan fingerprint density at radius 1 is 1.23 bits per heavy atom. The van der Waals surface area contributed by atoms with E-state index in [1.54, 1.807) is 36.4 Å². The van der Waals surface area contributed by atoms with Crippen LogP contribution in [0.2, 0.25) is 0 Å². The van der Waals surface area contributed by atoms with Gasteiger partial charge < -0.3 is 20.2 Å². The lowest BCUT2D eigenvalue weighted by Gasteiger charge is -2.36. The lowest BCUT2D eigenvalue weighted by atomic mass is 10.1. The van der Waals surface area contributed by atoms with Crippen molar-refractivity contribution in [3.63, 3.8) is 0 Å². The number of nitrogens with zero attached hydrogens (tertiary/aromatic N) is 2. The Balaban J connectivity index is 1.55. The molecule has 1 aliphatic heterocycles. The van der Waals surface area contributed by atoms with Crippen LogP contribution in [0, 0.1) is 11.3 Å². The Kier molecular flexibility index (Phi) is 5.40. The quantitative estimate of drug-likeness (QED) is 0.768. The molecular weight excluding hydrogens is 328 g/mol. The molecule has 1 atom stereocenters. The molecule has 1 heterocycles. The van der Waals surface area contributed by atoms with E-state index < -0.39 is 0 Å². The molecule has 0 saturated carbocycles. The molecule has 0 spiro atoms. The highest BCUT2D eigenvalue weighted by Gasteiger charge is 2.29. The molecule has 6 heteroatoms. The predicted molar refractivity (Wildman–Crippen MR) is 100 cm³/mol. The maximum absolute atomic E-state index is 12.5. The van der Waals surface area contributed by atoms with Crippen LogP contribution < -0.4 is 15.1 Å². The number of aromatic hydroxyl groups is 1. The minimum atomic E-state index is -0.164. The van der Waals surface area contributed by atoms with Crippen LogP contribution in [0.3, 0.4) is 0 Å².